The maximum absolute atomic E-state index is 12.7. The summed E-state index contributed by atoms with van der Waals surface area (Å²) in [5, 5.41) is 3.72. The minimum Gasteiger partial charge on any atom is -0.364 e. The molecule has 3 aromatic rings. The number of hydrogen-bond donors (Lipinski definition) is 2. The Balaban J connectivity index is 1.40. The van der Waals surface area contributed by atoms with E-state index < -0.39 is 10.0 Å². The normalized spacial score (nSPS) is 14.7. The summed E-state index contributed by atoms with van der Waals surface area (Å²) in [7, 11) is -0.663. The third-order valence-electron chi connectivity index (χ3n) is 5.43. The van der Waals surface area contributed by atoms with Gasteiger partial charge in [0.05, 0.1) is 16.0 Å². The van der Waals surface area contributed by atoms with E-state index in [1.54, 1.807) is 12.1 Å². The number of sulfonamides is 1. The van der Waals surface area contributed by atoms with Crippen LogP contribution < -0.4 is 10.2 Å². The van der Waals surface area contributed by atoms with Gasteiger partial charge in [-0.2, -0.15) is 0 Å². The zero-order valence-electron chi connectivity index (χ0n) is 17.9. The van der Waals surface area contributed by atoms with Crippen molar-refractivity contribution in [2.45, 2.75) is 4.90 Å². The van der Waals surface area contributed by atoms with Crippen molar-refractivity contribution in [3.63, 3.8) is 0 Å². The smallest absolute Gasteiger partial charge is 0.271 e. The first-order chi connectivity index (χ1) is 15.3. The number of fused-ring (bicyclic) bond motifs is 1. The molecule has 0 atom stereocenters. The summed E-state index contributed by atoms with van der Waals surface area (Å²) in [6.07, 6.45) is 3.38. The van der Waals surface area contributed by atoms with E-state index >= 15 is 0 Å². The van der Waals surface area contributed by atoms with E-state index in [1.165, 1.54) is 32.6 Å². The molecule has 11 heteroatoms. The van der Waals surface area contributed by atoms with Crippen molar-refractivity contribution in [2.24, 2.45) is 0 Å². The summed E-state index contributed by atoms with van der Waals surface area (Å²) in [5.41, 5.74) is 1.52. The van der Waals surface area contributed by atoms with Gasteiger partial charge in [0.2, 0.25) is 10.0 Å². The van der Waals surface area contributed by atoms with E-state index in [2.05, 4.69) is 31.7 Å². The Bertz CT molecular complexity index is 1260. The summed E-state index contributed by atoms with van der Waals surface area (Å²) >= 11 is 0. The maximum Gasteiger partial charge on any atom is 0.271 e. The number of anilines is 2. The number of aromatic nitrogens is 3. The number of benzene rings is 1. The Morgan fingerprint density at radius 2 is 1.91 bits per heavy atom. The van der Waals surface area contributed by atoms with Crippen LogP contribution >= 0.6 is 0 Å². The first kappa shape index (κ1) is 21.8. The average molecular weight is 456 g/mol. The van der Waals surface area contributed by atoms with Gasteiger partial charge in [-0.25, -0.2) is 22.7 Å². The molecule has 3 heterocycles. The lowest BCUT2D eigenvalue weighted by Crippen LogP contribution is -2.47. The topological polar surface area (TPSA) is 115 Å². The van der Waals surface area contributed by atoms with Crippen LogP contribution in [0.4, 0.5) is 11.5 Å². The van der Waals surface area contributed by atoms with Crippen LogP contribution in [0.2, 0.25) is 0 Å². The predicted octanol–water partition coefficient (Wildman–Crippen LogP) is 1.48. The molecule has 1 amide bonds. The second-order valence-electron chi connectivity index (χ2n) is 7.63. The van der Waals surface area contributed by atoms with Crippen molar-refractivity contribution >= 4 is 38.5 Å². The summed E-state index contributed by atoms with van der Waals surface area (Å²) in [5.74, 6) is 0.498. The SMILES string of the molecule is C=C(C(=O)Nc1cccc(S(=O)(=O)N(C)C)c1)N1CCN(c2ncnc3[nH]ccc23)CC1. The number of hydrogen-bond acceptors (Lipinski definition) is 7. The summed E-state index contributed by atoms with van der Waals surface area (Å²) in [6, 6.07) is 8.13. The first-order valence-corrected chi connectivity index (χ1v) is 11.5. The number of nitrogens with zero attached hydrogens (tertiary/aromatic N) is 5. The van der Waals surface area contributed by atoms with Crippen LogP contribution in [0.3, 0.4) is 0 Å². The summed E-state index contributed by atoms with van der Waals surface area (Å²) < 4.78 is 25.8. The molecule has 10 nitrogen and oxygen atoms in total. The Hall–Kier alpha value is -3.44. The fourth-order valence-electron chi connectivity index (χ4n) is 3.59. The quantitative estimate of drug-likeness (QED) is 0.541. The van der Waals surface area contributed by atoms with Crippen molar-refractivity contribution in [1.82, 2.24) is 24.2 Å². The van der Waals surface area contributed by atoms with E-state index in [4.69, 9.17) is 0 Å². The first-order valence-electron chi connectivity index (χ1n) is 10.1. The van der Waals surface area contributed by atoms with Gasteiger partial charge >= 0.3 is 0 Å². The monoisotopic (exact) mass is 455 g/mol. The molecular formula is C21H25N7O3S. The lowest BCUT2D eigenvalue weighted by Gasteiger charge is -2.37. The highest BCUT2D eigenvalue weighted by atomic mass is 32.2. The third kappa shape index (κ3) is 4.16. The van der Waals surface area contributed by atoms with Crippen molar-refractivity contribution < 1.29 is 13.2 Å². The van der Waals surface area contributed by atoms with Crippen LogP contribution in [0.1, 0.15) is 0 Å². The Kier molecular flexibility index (Phi) is 5.85. The molecule has 1 fully saturated rings. The molecule has 0 aliphatic carbocycles. The number of rotatable bonds is 6. The van der Waals surface area contributed by atoms with Crippen LogP contribution in [0, 0.1) is 0 Å². The molecule has 1 aromatic carbocycles. The lowest BCUT2D eigenvalue weighted by atomic mass is 10.2. The Morgan fingerprint density at radius 1 is 1.16 bits per heavy atom. The molecule has 2 aromatic heterocycles. The molecule has 0 unspecified atom stereocenters. The largest absolute Gasteiger partial charge is 0.364 e. The number of carbonyl (C=O) groups excluding carboxylic acids is 1. The predicted molar refractivity (Wildman–Crippen MR) is 123 cm³/mol. The summed E-state index contributed by atoms with van der Waals surface area (Å²) in [6.45, 7) is 6.53. The zero-order valence-corrected chi connectivity index (χ0v) is 18.8. The minimum atomic E-state index is -3.59. The van der Waals surface area contributed by atoms with E-state index in [0.29, 0.717) is 37.6 Å². The van der Waals surface area contributed by atoms with Gasteiger partial charge in [0.1, 0.15) is 17.8 Å². The average Bonchev–Trinajstić information content (AvgIpc) is 3.28. The minimum absolute atomic E-state index is 0.112. The van der Waals surface area contributed by atoms with E-state index in [0.717, 1.165) is 21.2 Å². The van der Waals surface area contributed by atoms with E-state index in [9.17, 15) is 13.2 Å². The molecule has 1 aliphatic heterocycles. The van der Waals surface area contributed by atoms with Gasteiger partial charge in [0.15, 0.2) is 0 Å². The number of carbonyl (C=O) groups is 1. The van der Waals surface area contributed by atoms with Crippen molar-refractivity contribution in [3.8, 4) is 0 Å². The molecule has 0 saturated carbocycles. The van der Waals surface area contributed by atoms with Gasteiger partial charge in [0.25, 0.3) is 5.91 Å². The highest BCUT2D eigenvalue weighted by Gasteiger charge is 2.24. The van der Waals surface area contributed by atoms with Gasteiger partial charge in [-0.3, -0.25) is 4.79 Å². The number of nitrogens with one attached hydrogen (secondary N) is 2. The van der Waals surface area contributed by atoms with Crippen LogP contribution in [0.15, 0.2) is 60.0 Å². The summed E-state index contributed by atoms with van der Waals surface area (Å²) in [4.78, 5) is 28.7. The van der Waals surface area contributed by atoms with Crippen molar-refractivity contribution in [2.75, 3.05) is 50.5 Å². The number of amides is 1. The van der Waals surface area contributed by atoms with Crippen LogP contribution in [-0.4, -0.2) is 78.8 Å². The molecular weight excluding hydrogens is 430 g/mol. The third-order valence-corrected chi connectivity index (χ3v) is 7.24. The number of H-pyrrole nitrogens is 1. The lowest BCUT2D eigenvalue weighted by molar-refractivity contribution is -0.114. The molecule has 2 N–H and O–H groups in total. The van der Waals surface area contributed by atoms with E-state index in [1.807, 2.05) is 17.2 Å². The standard InChI is InChI=1S/C21H25N7O3S/c1-15(21(29)25-16-5-4-6-17(13-16)32(30,31)26(2)3)27-9-11-28(12-10-27)20-18-7-8-22-19(18)23-14-24-20/h4-8,13-14H,1,9-12H2,2-3H3,(H,25,29)(H,22,23,24). The Morgan fingerprint density at radius 3 is 2.62 bits per heavy atom. The van der Waals surface area contributed by atoms with Crippen molar-refractivity contribution in [3.05, 3.63) is 55.1 Å². The highest BCUT2D eigenvalue weighted by molar-refractivity contribution is 7.89. The molecule has 0 radical (unpaired) electrons. The fraction of sp³-hybridized carbons (Fsp3) is 0.286. The fourth-order valence-corrected chi connectivity index (χ4v) is 4.54. The highest BCUT2D eigenvalue weighted by Crippen LogP contribution is 2.24. The molecule has 1 saturated heterocycles. The van der Waals surface area contributed by atoms with Gasteiger partial charge < -0.3 is 20.1 Å². The number of piperazine rings is 1. The van der Waals surface area contributed by atoms with Crippen LogP contribution in [-0.2, 0) is 14.8 Å². The molecule has 168 valence electrons. The van der Waals surface area contributed by atoms with Crippen LogP contribution in [0.25, 0.3) is 11.0 Å². The maximum atomic E-state index is 12.7. The molecule has 1 aliphatic rings. The van der Waals surface area contributed by atoms with Gasteiger partial charge in [-0.1, -0.05) is 12.6 Å². The Labute approximate surface area is 186 Å². The second-order valence-corrected chi connectivity index (χ2v) is 9.78. The van der Waals surface area contributed by atoms with Gasteiger partial charge in [-0.15, -0.1) is 0 Å². The second kappa shape index (κ2) is 8.60. The van der Waals surface area contributed by atoms with E-state index in [-0.39, 0.29) is 10.8 Å². The van der Waals surface area contributed by atoms with Crippen LogP contribution in [0.5, 0.6) is 0 Å². The molecule has 32 heavy (non-hydrogen) atoms. The molecule has 0 spiro atoms. The van der Waals surface area contributed by atoms with Gasteiger partial charge in [0, 0.05) is 52.2 Å². The molecule has 4 rings (SSSR count). The van der Waals surface area contributed by atoms with Gasteiger partial charge in [-0.05, 0) is 24.3 Å². The number of aromatic amines is 1. The molecule has 0 bridgehead atoms. The van der Waals surface area contributed by atoms with Crippen molar-refractivity contribution in [1.29, 1.82) is 0 Å². The zero-order chi connectivity index (χ0) is 22.9.